The van der Waals surface area contributed by atoms with Crippen molar-refractivity contribution in [2.45, 2.75) is 83.7 Å². The molecule has 1 saturated carbocycles. The highest BCUT2D eigenvalue weighted by Gasteiger charge is 2.49. The Morgan fingerprint density at radius 2 is 1.86 bits per heavy atom. The Kier molecular flexibility index (Phi) is 6.99. The molecule has 2 saturated heterocycles. The lowest BCUT2D eigenvalue weighted by molar-refractivity contribution is -0.140. The molecule has 1 aromatic rings. The number of urea groups is 1. The van der Waals surface area contributed by atoms with Crippen molar-refractivity contribution >= 4 is 18.0 Å². The summed E-state index contributed by atoms with van der Waals surface area (Å²) in [7, 11) is 1.74. The van der Waals surface area contributed by atoms with Crippen LogP contribution < -0.4 is 5.32 Å². The lowest BCUT2D eigenvalue weighted by atomic mass is 9.66. The number of ether oxygens (including phenoxy) is 1. The topological polar surface area (TPSA) is 91.4 Å². The molecule has 192 valence electrons. The first-order chi connectivity index (χ1) is 16.4. The van der Waals surface area contributed by atoms with Crippen molar-refractivity contribution in [3.63, 3.8) is 0 Å². The minimum Gasteiger partial charge on any atom is -0.444 e. The van der Waals surface area contributed by atoms with Crippen LogP contribution in [0.5, 0.6) is 0 Å². The molecule has 1 aromatic carbocycles. The summed E-state index contributed by atoms with van der Waals surface area (Å²) in [5, 5.41) is 4.58. The van der Waals surface area contributed by atoms with E-state index in [1.165, 1.54) is 5.06 Å². The highest BCUT2D eigenvalue weighted by Crippen LogP contribution is 2.41. The zero-order chi connectivity index (χ0) is 25.4. The molecule has 3 fully saturated rings. The summed E-state index contributed by atoms with van der Waals surface area (Å²) in [6.45, 7) is 9.07. The zero-order valence-corrected chi connectivity index (χ0v) is 21.5. The number of nitrogens with zero attached hydrogens (tertiary/aromatic N) is 3. The maximum Gasteiger partial charge on any atom is 0.410 e. The largest absolute Gasteiger partial charge is 0.444 e. The van der Waals surface area contributed by atoms with E-state index in [-0.39, 0.29) is 35.5 Å². The van der Waals surface area contributed by atoms with Gasteiger partial charge in [-0.25, -0.2) is 9.59 Å². The van der Waals surface area contributed by atoms with Gasteiger partial charge < -0.3 is 19.9 Å². The summed E-state index contributed by atoms with van der Waals surface area (Å²) < 4.78 is 5.44. The predicted octanol–water partition coefficient (Wildman–Crippen LogP) is 3.54. The van der Waals surface area contributed by atoms with Crippen LogP contribution in [0.1, 0.15) is 58.9 Å². The Balaban J connectivity index is 1.24. The van der Waals surface area contributed by atoms with E-state index in [0.717, 1.165) is 24.8 Å². The number of rotatable bonds is 7. The van der Waals surface area contributed by atoms with Crippen LogP contribution in [-0.4, -0.2) is 76.8 Å². The molecular weight excluding hydrogens is 448 g/mol. The van der Waals surface area contributed by atoms with E-state index in [0.29, 0.717) is 26.1 Å². The van der Waals surface area contributed by atoms with Gasteiger partial charge in [-0.2, -0.15) is 5.06 Å². The van der Waals surface area contributed by atoms with Crippen molar-refractivity contribution in [3.05, 3.63) is 35.9 Å². The SMILES string of the molecule is CN(CC1(C)CC(NC(=O)[C@@H]2CC[C@@H]3CN2C(=O)N3OCc2ccccc2)C1)C(=O)OC(C)(C)C. The monoisotopic (exact) mass is 486 g/mol. The van der Waals surface area contributed by atoms with Crippen molar-refractivity contribution in [3.8, 4) is 0 Å². The molecule has 35 heavy (non-hydrogen) atoms. The Morgan fingerprint density at radius 3 is 2.51 bits per heavy atom. The second-order valence-electron chi connectivity index (χ2n) is 11.5. The van der Waals surface area contributed by atoms with Crippen molar-refractivity contribution in [2.24, 2.45) is 5.41 Å². The third-order valence-corrected chi connectivity index (χ3v) is 6.99. The van der Waals surface area contributed by atoms with E-state index in [2.05, 4.69) is 12.2 Å². The predicted molar refractivity (Wildman–Crippen MR) is 130 cm³/mol. The van der Waals surface area contributed by atoms with Crippen molar-refractivity contribution in [2.75, 3.05) is 20.1 Å². The minimum atomic E-state index is -0.531. The van der Waals surface area contributed by atoms with E-state index in [9.17, 15) is 14.4 Å². The molecule has 9 nitrogen and oxygen atoms in total. The smallest absolute Gasteiger partial charge is 0.410 e. The number of amides is 4. The number of hydroxylamine groups is 2. The van der Waals surface area contributed by atoms with Crippen LogP contribution >= 0.6 is 0 Å². The van der Waals surface area contributed by atoms with Gasteiger partial charge in [0.15, 0.2) is 0 Å². The fraction of sp³-hybridized carbons (Fsp3) is 0.654. The fourth-order valence-electron chi connectivity index (χ4n) is 5.42. The fourth-order valence-corrected chi connectivity index (χ4v) is 5.42. The molecular formula is C26H38N4O5. The average molecular weight is 487 g/mol. The first kappa shape index (κ1) is 25.3. The zero-order valence-electron chi connectivity index (χ0n) is 21.5. The summed E-state index contributed by atoms with van der Waals surface area (Å²) >= 11 is 0. The molecule has 0 radical (unpaired) electrons. The Morgan fingerprint density at radius 1 is 1.17 bits per heavy atom. The molecule has 2 heterocycles. The standard InChI is InChI=1S/C26H38N4O5/c1-25(2,3)35-24(33)28(5)17-26(4)13-19(14-26)27-22(31)21-12-11-20-15-29(21)23(32)30(20)34-16-18-9-7-6-8-10-18/h6-10,19-21H,11-17H2,1-5H3,(H,27,31)/t19?,20-,21+,26?/m1/s1. The maximum absolute atomic E-state index is 13.1. The number of carbonyl (C=O) groups is 3. The third kappa shape index (κ3) is 5.89. The second kappa shape index (κ2) is 9.68. The molecule has 0 aromatic heterocycles. The van der Waals surface area contributed by atoms with Gasteiger partial charge in [0, 0.05) is 26.2 Å². The van der Waals surface area contributed by atoms with Crippen molar-refractivity contribution in [1.82, 2.24) is 20.2 Å². The molecule has 2 atom stereocenters. The molecule has 1 N–H and O–H groups in total. The highest BCUT2D eigenvalue weighted by atomic mass is 16.7. The number of piperidine rings is 1. The van der Waals surface area contributed by atoms with Crippen LogP contribution in [-0.2, 0) is 21.0 Å². The number of hydrogen-bond donors (Lipinski definition) is 1. The van der Waals surface area contributed by atoms with Crippen LogP contribution in [0, 0.1) is 5.41 Å². The van der Waals surface area contributed by atoms with Gasteiger partial charge in [0.25, 0.3) is 0 Å². The number of fused-ring (bicyclic) bond motifs is 2. The first-order valence-corrected chi connectivity index (χ1v) is 12.5. The molecule has 3 aliphatic rings. The van der Waals surface area contributed by atoms with Crippen LogP contribution in [0.2, 0.25) is 0 Å². The van der Waals surface area contributed by atoms with E-state index >= 15 is 0 Å². The number of benzene rings is 1. The quantitative estimate of drug-likeness (QED) is 0.637. The van der Waals surface area contributed by atoms with Crippen LogP contribution in [0.25, 0.3) is 0 Å². The molecule has 9 heteroatoms. The molecule has 0 unspecified atom stereocenters. The summed E-state index contributed by atoms with van der Waals surface area (Å²) in [6.07, 6.45) is 2.58. The Labute approximate surface area is 207 Å². The van der Waals surface area contributed by atoms with Gasteiger partial charge in [-0.05, 0) is 57.4 Å². The number of nitrogens with one attached hydrogen (secondary N) is 1. The van der Waals surface area contributed by atoms with E-state index in [1.807, 2.05) is 51.1 Å². The first-order valence-electron chi connectivity index (χ1n) is 12.5. The van der Waals surface area contributed by atoms with Crippen molar-refractivity contribution < 1.29 is 24.0 Å². The average Bonchev–Trinajstić information content (AvgIpc) is 3.00. The van der Waals surface area contributed by atoms with Gasteiger partial charge in [0.05, 0.1) is 6.04 Å². The molecule has 4 rings (SSSR count). The molecule has 0 spiro atoms. The van der Waals surface area contributed by atoms with Crippen LogP contribution in [0.4, 0.5) is 9.59 Å². The van der Waals surface area contributed by atoms with Crippen LogP contribution in [0.15, 0.2) is 30.3 Å². The van der Waals surface area contributed by atoms with Gasteiger partial charge in [-0.1, -0.05) is 37.3 Å². The Hall–Kier alpha value is -2.81. The molecule has 2 aliphatic heterocycles. The maximum atomic E-state index is 13.1. The minimum absolute atomic E-state index is 0.0225. The number of hydrogen-bond acceptors (Lipinski definition) is 5. The summed E-state index contributed by atoms with van der Waals surface area (Å²) in [4.78, 5) is 47.4. The van der Waals surface area contributed by atoms with Gasteiger partial charge in [-0.15, -0.1) is 0 Å². The Bertz CT molecular complexity index is 941. The summed E-state index contributed by atoms with van der Waals surface area (Å²) in [6, 6.07) is 9.05. The van der Waals surface area contributed by atoms with Gasteiger partial charge in [0.2, 0.25) is 5.91 Å². The number of carbonyl (C=O) groups excluding carboxylic acids is 3. The molecule has 4 amide bonds. The van der Waals surface area contributed by atoms with Crippen molar-refractivity contribution in [1.29, 1.82) is 0 Å². The highest BCUT2D eigenvalue weighted by molar-refractivity contribution is 5.88. The van der Waals surface area contributed by atoms with E-state index in [1.54, 1.807) is 16.8 Å². The summed E-state index contributed by atoms with van der Waals surface area (Å²) in [5.41, 5.74) is 0.389. The lowest BCUT2D eigenvalue weighted by Gasteiger charge is -2.47. The van der Waals surface area contributed by atoms with Gasteiger partial charge in [-0.3, -0.25) is 9.63 Å². The third-order valence-electron chi connectivity index (χ3n) is 6.99. The normalized spacial score (nSPS) is 27.9. The summed E-state index contributed by atoms with van der Waals surface area (Å²) in [5.74, 6) is -0.103. The van der Waals surface area contributed by atoms with Gasteiger partial charge in [0.1, 0.15) is 18.2 Å². The molecule has 1 aliphatic carbocycles. The van der Waals surface area contributed by atoms with E-state index in [4.69, 9.17) is 9.57 Å². The van der Waals surface area contributed by atoms with E-state index < -0.39 is 11.6 Å². The van der Waals surface area contributed by atoms with Gasteiger partial charge >= 0.3 is 12.1 Å². The van der Waals surface area contributed by atoms with Crippen LogP contribution in [0.3, 0.4) is 0 Å². The second-order valence-corrected chi connectivity index (χ2v) is 11.5. The lowest BCUT2D eigenvalue weighted by Crippen LogP contribution is -2.58. The molecule has 2 bridgehead atoms.